The van der Waals surface area contributed by atoms with E-state index in [0.29, 0.717) is 24.0 Å². The van der Waals surface area contributed by atoms with Gasteiger partial charge >= 0.3 is 12.1 Å². The molecular weight excluding hydrogens is 325 g/mol. The van der Waals surface area contributed by atoms with Gasteiger partial charge in [0, 0.05) is 5.57 Å². The summed E-state index contributed by atoms with van der Waals surface area (Å²) < 4.78 is 55.3. The Bertz CT molecular complexity index is 695. The van der Waals surface area contributed by atoms with E-state index in [1.807, 2.05) is 6.08 Å². The first-order valence-corrected chi connectivity index (χ1v) is 7.36. The maximum Gasteiger partial charge on any atom is 0.415 e. The van der Waals surface area contributed by atoms with Gasteiger partial charge < -0.3 is 14.2 Å². The van der Waals surface area contributed by atoms with Crippen molar-refractivity contribution in [3.05, 3.63) is 58.9 Å². The molecule has 1 heterocycles. The number of hydrogen-bond donors (Lipinski definition) is 0. The molecule has 0 spiro atoms. The normalized spacial score (nSPS) is 29.3. The van der Waals surface area contributed by atoms with Crippen LogP contribution in [0.4, 0.5) is 13.2 Å². The van der Waals surface area contributed by atoms with E-state index in [1.165, 1.54) is 12.3 Å². The summed E-state index contributed by atoms with van der Waals surface area (Å²) in [4.78, 5) is 11.8. The molecule has 0 N–H and O–H groups in total. The number of esters is 1. The van der Waals surface area contributed by atoms with Crippen molar-refractivity contribution in [2.24, 2.45) is 0 Å². The maximum absolute atomic E-state index is 13.4. The number of hydrogen-bond acceptors (Lipinski definition) is 4. The van der Waals surface area contributed by atoms with Crippen molar-refractivity contribution in [1.82, 2.24) is 0 Å². The summed E-state index contributed by atoms with van der Waals surface area (Å²) in [5.74, 6) is -0.898. The second kappa shape index (κ2) is 6.32. The molecule has 0 bridgehead atoms. The van der Waals surface area contributed by atoms with Gasteiger partial charge in [0.1, 0.15) is 6.10 Å². The van der Waals surface area contributed by atoms with Crippen LogP contribution in [0.15, 0.2) is 58.9 Å². The van der Waals surface area contributed by atoms with E-state index in [0.717, 1.165) is 18.8 Å². The van der Waals surface area contributed by atoms with Crippen LogP contribution in [0.25, 0.3) is 0 Å². The molecule has 2 unspecified atom stereocenters. The van der Waals surface area contributed by atoms with Gasteiger partial charge in [0.05, 0.1) is 18.9 Å². The Labute approximate surface area is 136 Å². The number of methoxy groups -OCH3 is 1. The Morgan fingerprint density at radius 1 is 1.33 bits per heavy atom. The second-order valence-corrected chi connectivity index (χ2v) is 5.43. The van der Waals surface area contributed by atoms with E-state index in [9.17, 15) is 18.0 Å². The number of allylic oxidation sites excluding steroid dienone is 6. The Morgan fingerprint density at radius 2 is 2.12 bits per heavy atom. The van der Waals surface area contributed by atoms with Gasteiger partial charge in [-0.1, -0.05) is 30.4 Å². The molecule has 0 aromatic heterocycles. The minimum Gasteiger partial charge on any atom is -0.464 e. The van der Waals surface area contributed by atoms with Crippen molar-refractivity contribution in [2.75, 3.05) is 7.11 Å². The second-order valence-electron chi connectivity index (χ2n) is 5.43. The molecule has 3 aliphatic rings. The standard InChI is InChI=1S/C17H15F3O4/c1-22-15(21)16-23-9-10-5-2-3-6-11(10)12-7-4-8-13(14(12)24-16)17(18,19)20/h2,4-5,7-9,14,16H,3,6H2,1H3/b10-9?,12-11-. The third-order valence-corrected chi connectivity index (χ3v) is 3.97. The molecular formula is C17H15F3O4. The molecule has 1 aliphatic heterocycles. The minimum atomic E-state index is -4.59. The van der Waals surface area contributed by atoms with Gasteiger partial charge in [-0.25, -0.2) is 4.79 Å². The zero-order chi connectivity index (χ0) is 17.3. The summed E-state index contributed by atoms with van der Waals surface area (Å²) in [7, 11) is 1.12. The molecule has 0 saturated carbocycles. The fourth-order valence-corrected chi connectivity index (χ4v) is 2.85. The molecule has 2 atom stereocenters. The molecule has 0 aromatic rings. The number of rotatable bonds is 1. The summed E-state index contributed by atoms with van der Waals surface area (Å²) in [6.07, 6.45) is 2.55. The number of carbonyl (C=O) groups is 1. The van der Waals surface area contributed by atoms with Crippen molar-refractivity contribution >= 4 is 5.97 Å². The Balaban J connectivity index is 2.11. The van der Waals surface area contributed by atoms with Crippen molar-refractivity contribution in [3.63, 3.8) is 0 Å². The first-order chi connectivity index (χ1) is 11.4. The molecule has 3 rings (SSSR count). The summed E-state index contributed by atoms with van der Waals surface area (Å²) in [6.45, 7) is 0. The number of ether oxygens (including phenoxy) is 3. The van der Waals surface area contributed by atoms with Crippen LogP contribution in [-0.4, -0.2) is 31.6 Å². The predicted molar refractivity (Wildman–Crippen MR) is 78.5 cm³/mol. The Hall–Kier alpha value is -2.28. The summed E-state index contributed by atoms with van der Waals surface area (Å²) in [6, 6.07) is 0. The zero-order valence-electron chi connectivity index (χ0n) is 12.8. The number of alkyl halides is 3. The summed E-state index contributed by atoms with van der Waals surface area (Å²) in [5, 5.41) is 0. The summed E-state index contributed by atoms with van der Waals surface area (Å²) >= 11 is 0. The van der Waals surface area contributed by atoms with Crippen LogP contribution in [0, 0.1) is 0 Å². The zero-order valence-corrected chi connectivity index (χ0v) is 12.8. The van der Waals surface area contributed by atoms with Crippen LogP contribution >= 0.6 is 0 Å². The van der Waals surface area contributed by atoms with E-state index < -0.39 is 30.1 Å². The van der Waals surface area contributed by atoms with E-state index in [1.54, 1.807) is 12.2 Å². The molecule has 4 nitrogen and oxygen atoms in total. The molecule has 2 aliphatic carbocycles. The highest BCUT2D eigenvalue weighted by Crippen LogP contribution is 2.40. The molecule has 0 saturated heterocycles. The Kier molecular flexibility index (Phi) is 4.36. The molecule has 0 aromatic carbocycles. The van der Waals surface area contributed by atoms with Crippen molar-refractivity contribution in [2.45, 2.75) is 31.4 Å². The lowest BCUT2D eigenvalue weighted by Crippen LogP contribution is -2.38. The topological polar surface area (TPSA) is 44.8 Å². The smallest absolute Gasteiger partial charge is 0.415 e. The fourth-order valence-electron chi connectivity index (χ4n) is 2.85. The summed E-state index contributed by atoms with van der Waals surface area (Å²) in [5.41, 5.74) is 0.863. The third kappa shape index (κ3) is 3.03. The molecule has 7 heteroatoms. The van der Waals surface area contributed by atoms with Crippen LogP contribution in [0.3, 0.4) is 0 Å². The van der Waals surface area contributed by atoms with Gasteiger partial charge in [-0.3, -0.25) is 0 Å². The molecule has 0 radical (unpaired) electrons. The van der Waals surface area contributed by atoms with E-state index in [4.69, 9.17) is 9.47 Å². The molecule has 0 amide bonds. The van der Waals surface area contributed by atoms with Gasteiger partial charge in [0.25, 0.3) is 6.29 Å². The number of carbonyl (C=O) groups excluding carboxylic acids is 1. The highest BCUT2D eigenvalue weighted by Gasteiger charge is 2.44. The third-order valence-electron chi connectivity index (χ3n) is 3.97. The van der Waals surface area contributed by atoms with Crippen molar-refractivity contribution in [1.29, 1.82) is 0 Å². The highest BCUT2D eigenvalue weighted by atomic mass is 19.4. The monoisotopic (exact) mass is 340 g/mol. The lowest BCUT2D eigenvalue weighted by atomic mass is 9.85. The van der Waals surface area contributed by atoms with Gasteiger partial charge in [0.2, 0.25) is 0 Å². The lowest BCUT2D eigenvalue weighted by molar-refractivity contribution is -0.191. The number of fused-ring (bicyclic) bond motifs is 2. The molecule has 0 fully saturated rings. The largest absolute Gasteiger partial charge is 0.464 e. The molecule has 24 heavy (non-hydrogen) atoms. The lowest BCUT2D eigenvalue weighted by Gasteiger charge is -2.33. The average molecular weight is 340 g/mol. The predicted octanol–water partition coefficient (Wildman–Crippen LogP) is 3.49. The van der Waals surface area contributed by atoms with Crippen LogP contribution < -0.4 is 0 Å². The quantitative estimate of drug-likeness (QED) is 0.686. The van der Waals surface area contributed by atoms with Crippen LogP contribution in [-0.2, 0) is 19.0 Å². The van der Waals surface area contributed by atoms with Crippen molar-refractivity contribution in [3.8, 4) is 0 Å². The van der Waals surface area contributed by atoms with Crippen LogP contribution in [0.5, 0.6) is 0 Å². The van der Waals surface area contributed by atoms with Crippen LogP contribution in [0.1, 0.15) is 12.8 Å². The van der Waals surface area contributed by atoms with E-state index in [-0.39, 0.29) is 0 Å². The van der Waals surface area contributed by atoms with Gasteiger partial charge in [-0.15, -0.1) is 0 Å². The first kappa shape index (κ1) is 16.6. The van der Waals surface area contributed by atoms with E-state index in [2.05, 4.69) is 4.74 Å². The van der Waals surface area contributed by atoms with Gasteiger partial charge in [0.15, 0.2) is 0 Å². The maximum atomic E-state index is 13.4. The van der Waals surface area contributed by atoms with Crippen LogP contribution in [0.2, 0.25) is 0 Å². The fraction of sp³-hybridized carbons (Fsp3) is 0.353. The highest BCUT2D eigenvalue weighted by molar-refractivity contribution is 5.73. The number of halogens is 3. The molecule has 128 valence electrons. The van der Waals surface area contributed by atoms with Gasteiger partial charge in [-0.05, 0) is 24.0 Å². The van der Waals surface area contributed by atoms with Crippen molar-refractivity contribution < 1.29 is 32.2 Å². The Morgan fingerprint density at radius 3 is 2.83 bits per heavy atom. The van der Waals surface area contributed by atoms with E-state index >= 15 is 0 Å². The first-order valence-electron chi connectivity index (χ1n) is 7.36. The average Bonchev–Trinajstić information content (AvgIpc) is 2.55. The SMILES string of the molecule is COC(=O)C1OC=C2C=CCC/C2=C2\C=CC=C(C(F)(F)F)C2O1. The minimum absolute atomic E-state index is 0.387. The van der Waals surface area contributed by atoms with Gasteiger partial charge in [-0.2, -0.15) is 13.2 Å².